The molecule has 0 spiro atoms. The summed E-state index contributed by atoms with van der Waals surface area (Å²) in [4.78, 5) is 15.8. The Bertz CT molecular complexity index is 932. The van der Waals surface area contributed by atoms with E-state index in [2.05, 4.69) is 10.3 Å². The van der Waals surface area contributed by atoms with E-state index < -0.39 is 0 Å². The molecule has 4 rings (SSSR count). The maximum absolute atomic E-state index is 13.5. The van der Waals surface area contributed by atoms with E-state index in [4.69, 9.17) is 0 Å². The number of aryl methyl sites for hydroxylation is 1. The van der Waals surface area contributed by atoms with Gasteiger partial charge in [-0.15, -0.1) is 0 Å². The Morgan fingerprint density at radius 3 is 2.79 bits per heavy atom. The first-order valence-corrected chi connectivity index (χ1v) is 7.95. The van der Waals surface area contributed by atoms with Crippen molar-refractivity contribution in [2.75, 3.05) is 5.32 Å². The van der Waals surface area contributed by atoms with Gasteiger partial charge >= 0.3 is 0 Å². The Morgan fingerprint density at radius 2 is 1.96 bits per heavy atom. The zero-order chi connectivity index (χ0) is 16.7. The highest BCUT2D eigenvalue weighted by Gasteiger charge is 2.27. The molecule has 2 N–H and O–H groups in total. The molecule has 3 aromatic rings. The number of fused-ring (bicyclic) bond motifs is 3. The molecule has 1 aliphatic rings. The van der Waals surface area contributed by atoms with Gasteiger partial charge in [0.1, 0.15) is 11.6 Å². The number of benzene rings is 2. The number of halogens is 2. The van der Waals surface area contributed by atoms with Crippen LogP contribution in [0.5, 0.6) is 0 Å². The van der Waals surface area contributed by atoms with Crippen LogP contribution in [0.25, 0.3) is 10.9 Å². The second-order valence-electron chi connectivity index (χ2n) is 6.21. The van der Waals surface area contributed by atoms with E-state index in [9.17, 15) is 13.6 Å². The number of rotatable bonds is 2. The number of aromatic nitrogens is 1. The summed E-state index contributed by atoms with van der Waals surface area (Å²) in [6.07, 6.45) is 2.01. The number of aromatic amines is 1. The number of H-pyrrole nitrogens is 1. The molecule has 1 aromatic heterocycles. The second-order valence-corrected chi connectivity index (χ2v) is 6.21. The molecule has 1 unspecified atom stereocenters. The molecule has 1 heterocycles. The van der Waals surface area contributed by atoms with Crippen molar-refractivity contribution < 1.29 is 13.6 Å². The van der Waals surface area contributed by atoms with E-state index in [-0.39, 0.29) is 23.5 Å². The molecule has 5 heteroatoms. The van der Waals surface area contributed by atoms with Crippen LogP contribution >= 0.6 is 0 Å². The molecule has 122 valence electrons. The Hall–Kier alpha value is -2.69. The molecule has 0 radical (unpaired) electrons. The first kappa shape index (κ1) is 14.9. The predicted octanol–water partition coefficient (Wildman–Crippen LogP) is 4.19. The number of anilines is 1. The van der Waals surface area contributed by atoms with Crippen molar-refractivity contribution in [3.05, 3.63) is 65.4 Å². The van der Waals surface area contributed by atoms with Gasteiger partial charge in [-0.25, -0.2) is 8.78 Å². The first-order valence-electron chi connectivity index (χ1n) is 7.95. The van der Waals surface area contributed by atoms with Crippen LogP contribution in [-0.2, 0) is 17.6 Å². The molecule has 0 saturated carbocycles. The maximum atomic E-state index is 13.5. The maximum Gasteiger partial charge on any atom is 0.227 e. The van der Waals surface area contributed by atoms with Crippen molar-refractivity contribution in [3.8, 4) is 0 Å². The number of hydrogen-bond acceptors (Lipinski definition) is 1. The van der Waals surface area contributed by atoms with Crippen LogP contribution in [0, 0.1) is 17.6 Å². The summed E-state index contributed by atoms with van der Waals surface area (Å²) in [6.45, 7) is 0. The zero-order valence-corrected chi connectivity index (χ0v) is 12.9. The van der Waals surface area contributed by atoms with Gasteiger partial charge in [-0.2, -0.15) is 0 Å². The summed E-state index contributed by atoms with van der Waals surface area (Å²) >= 11 is 0. The lowest BCUT2D eigenvalue weighted by molar-refractivity contribution is -0.120. The van der Waals surface area contributed by atoms with Crippen molar-refractivity contribution >= 4 is 22.5 Å². The normalized spacial score (nSPS) is 16.8. The minimum Gasteiger partial charge on any atom is -0.358 e. The molecule has 0 fully saturated rings. The van der Waals surface area contributed by atoms with E-state index >= 15 is 0 Å². The topological polar surface area (TPSA) is 44.9 Å². The van der Waals surface area contributed by atoms with Gasteiger partial charge in [-0.05, 0) is 61.2 Å². The number of hydrogen-bond donors (Lipinski definition) is 2. The minimum atomic E-state index is -0.383. The number of nitrogens with one attached hydrogen (secondary N) is 2. The molecule has 24 heavy (non-hydrogen) atoms. The summed E-state index contributed by atoms with van der Waals surface area (Å²) in [5.41, 5.74) is 3.43. The number of carbonyl (C=O) groups is 1. The SMILES string of the molecule is O=C(Nc1cccc(F)c1)C1CCc2[nH]c3ccc(F)cc3c2C1. The quantitative estimate of drug-likeness (QED) is 0.729. The van der Waals surface area contributed by atoms with Gasteiger partial charge in [-0.1, -0.05) is 6.07 Å². The molecule has 2 aromatic carbocycles. The van der Waals surface area contributed by atoms with Crippen LogP contribution in [0.3, 0.4) is 0 Å². The van der Waals surface area contributed by atoms with Gasteiger partial charge in [0.15, 0.2) is 0 Å². The van der Waals surface area contributed by atoms with E-state index in [1.54, 1.807) is 18.2 Å². The van der Waals surface area contributed by atoms with Crippen molar-refractivity contribution in [3.63, 3.8) is 0 Å². The lowest BCUT2D eigenvalue weighted by atomic mass is 9.85. The highest BCUT2D eigenvalue weighted by atomic mass is 19.1. The smallest absolute Gasteiger partial charge is 0.227 e. The van der Waals surface area contributed by atoms with Gasteiger partial charge in [0.05, 0.1) is 0 Å². The van der Waals surface area contributed by atoms with Crippen molar-refractivity contribution in [2.45, 2.75) is 19.3 Å². The third-order valence-corrected chi connectivity index (χ3v) is 4.61. The summed E-state index contributed by atoms with van der Waals surface area (Å²) in [5, 5.41) is 3.61. The zero-order valence-electron chi connectivity index (χ0n) is 12.9. The van der Waals surface area contributed by atoms with E-state index in [0.717, 1.165) is 28.6 Å². The Labute approximate surface area is 137 Å². The fraction of sp³-hybridized carbons (Fsp3) is 0.211. The Kier molecular flexibility index (Phi) is 3.56. The van der Waals surface area contributed by atoms with E-state index in [1.165, 1.54) is 24.3 Å². The van der Waals surface area contributed by atoms with E-state index in [1.807, 2.05) is 0 Å². The molecule has 1 atom stereocenters. The monoisotopic (exact) mass is 326 g/mol. The summed E-state index contributed by atoms with van der Waals surface area (Å²) < 4.78 is 26.8. The van der Waals surface area contributed by atoms with Gasteiger partial charge in [0.25, 0.3) is 0 Å². The number of amides is 1. The fourth-order valence-electron chi connectivity index (χ4n) is 3.42. The van der Waals surface area contributed by atoms with Crippen LogP contribution in [-0.4, -0.2) is 10.9 Å². The van der Waals surface area contributed by atoms with Crippen molar-refractivity contribution in [1.29, 1.82) is 0 Å². The molecule has 1 amide bonds. The summed E-state index contributed by atoms with van der Waals surface area (Å²) in [7, 11) is 0. The van der Waals surface area contributed by atoms with Crippen LogP contribution in [0.2, 0.25) is 0 Å². The Morgan fingerprint density at radius 1 is 1.12 bits per heavy atom. The third-order valence-electron chi connectivity index (χ3n) is 4.61. The molecular weight excluding hydrogens is 310 g/mol. The highest BCUT2D eigenvalue weighted by molar-refractivity contribution is 5.94. The summed E-state index contributed by atoms with van der Waals surface area (Å²) in [5.74, 6) is -0.999. The molecule has 0 bridgehead atoms. The fourth-order valence-corrected chi connectivity index (χ4v) is 3.42. The Balaban J connectivity index is 1.58. The van der Waals surface area contributed by atoms with Crippen LogP contribution in [0.15, 0.2) is 42.5 Å². The van der Waals surface area contributed by atoms with Crippen LogP contribution < -0.4 is 5.32 Å². The van der Waals surface area contributed by atoms with Gasteiger partial charge in [0, 0.05) is 28.2 Å². The lowest BCUT2D eigenvalue weighted by Crippen LogP contribution is -2.28. The average molecular weight is 326 g/mol. The van der Waals surface area contributed by atoms with Crippen molar-refractivity contribution in [2.24, 2.45) is 5.92 Å². The lowest BCUT2D eigenvalue weighted by Gasteiger charge is -2.22. The molecule has 0 saturated heterocycles. The van der Waals surface area contributed by atoms with Gasteiger partial charge in [-0.3, -0.25) is 4.79 Å². The average Bonchev–Trinajstić information content (AvgIpc) is 2.92. The molecule has 3 nitrogen and oxygen atoms in total. The highest BCUT2D eigenvalue weighted by Crippen LogP contribution is 2.32. The van der Waals surface area contributed by atoms with Crippen LogP contribution in [0.1, 0.15) is 17.7 Å². The third kappa shape index (κ3) is 2.66. The number of carbonyl (C=O) groups excluding carboxylic acids is 1. The predicted molar refractivity (Wildman–Crippen MR) is 88.8 cm³/mol. The van der Waals surface area contributed by atoms with Gasteiger partial charge < -0.3 is 10.3 Å². The van der Waals surface area contributed by atoms with E-state index in [0.29, 0.717) is 18.5 Å². The largest absolute Gasteiger partial charge is 0.358 e. The van der Waals surface area contributed by atoms with Gasteiger partial charge in [0.2, 0.25) is 5.91 Å². The van der Waals surface area contributed by atoms with Crippen molar-refractivity contribution in [1.82, 2.24) is 4.98 Å². The first-order chi connectivity index (χ1) is 11.6. The molecule has 1 aliphatic carbocycles. The van der Waals surface area contributed by atoms with Crippen LogP contribution in [0.4, 0.5) is 14.5 Å². The molecular formula is C19H16F2N2O. The second kappa shape index (κ2) is 5.74. The minimum absolute atomic E-state index is 0.128. The summed E-state index contributed by atoms with van der Waals surface area (Å²) in [6, 6.07) is 10.5. The standard InChI is InChI=1S/C19H16F2N2O/c20-12-2-1-3-14(9-12)22-19(24)11-4-6-17-15(8-11)16-10-13(21)5-7-18(16)23-17/h1-3,5,7,9-11,23H,4,6,8H2,(H,22,24). The molecule has 0 aliphatic heterocycles.